The van der Waals surface area contributed by atoms with Crippen molar-refractivity contribution in [2.45, 2.75) is 0 Å². The summed E-state index contributed by atoms with van der Waals surface area (Å²) in [6.45, 7) is 1.78. The Labute approximate surface area is 79.8 Å². The zero-order chi connectivity index (χ0) is 9.68. The topological polar surface area (TPSA) is 41.1 Å². The summed E-state index contributed by atoms with van der Waals surface area (Å²) in [5.41, 5.74) is 0.582. The summed E-state index contributed by atoms with van der Waals surface area (Å²) >= 11 is 0. The van der Waals surface area contributed by atoms with E-state index >= 15 is 0 Å². The van der Waals surface area contributed by atoms with Crippen LogP contribution >= 0.6 is 0 Å². The summed E-state index contributed by atoms with van der Waals surface area (Å²) in [4.78, 5) is 10.1. The van der Waals surface area contributed by atoms with Gasteiger partial charge in [0.1, 0.15) is 7.85 Å². The van der Waals surface area contributed by atoms with Gasteiger partial charge in [-0.1, -0.05) is 5.46 Å². The molecule has 0 bridgehead atoms. The van der Waals surface area contributed by atoms with E-state index in [0.29, 0.717) is 11.4 Å². The Morgan fingerprint density at radius 1 is 1.38 bits per heavy atom. The molecule has 0 saturated carbocycles. The summed E-state index contributed by atoms with van der Waals surface area (Å²) in [6.07, 6.45) is 3.18. The van der Waals surface area contributed by atoms with Gasteiger partial charge in [0.25, 0.3) is 0 Å². The third-order valence-corrected chi connectivity index (χ3v) is 1.51. The molecule has 0 amide bonds. The molecule has 5 heteroatoms. The van der Waals surface area contributed by atoms with E-state index in [4.69, 9.17) is 7.85 Å². The van der Waals surface area contributed by atoms with Crippen molar-refractivity contribution < 1.29 is 0 Å². The molecule has 2 radical (unpaired) electrons. The fourth-order valence-electron chi connectivity index (χ4n) is 0.821. The number of aromatic nitrogens is 2. The Morgan fingerprint density at radius 3 is 2.54 bits per heavy atom. The molecule has 1 aromatic rings. The quantitative estimate of drug-likeness (QED) is 0.612. The molecule has 1 N–H and O–H groups in total. The third-order valence-electron chi connectivity index (χ3n) is 1.51. The standard InChI is InChI=1S/C8H13BN4/c1-13(2)4-3-10-8-11-5-7(9)6-12-8/h5-6H,3-4H2,1-2H3,(H,10,11,12). The number of likely N-dealkylation sites (N-methyl/N-ethyl adjacent to an activating group) is 1. The highest BCUT2D eigenvalue weighted by atomic mass is 15.1. The fourth-order valence-corrected chi connectivity index (χ4v) is 0.821. The lowest BCUT2D eigenvalue weighted by molar-refractivity contribution is 0.425. The Balaban J connectivity index is 2.33. The number of hydrogen-bond donors (Lipinski definition) is 1. The van der Waals surface area contributed by atoms with E-state index in [1.165, 1.54) is 0 Å². The lowest BCUT2D eigenvalue weighted by atomic mass is 10.0. The van der Waals surface area contributed by atoms with Gasteiger partial charge in [-0.25, -0.2) is 9.97 Å². The minimum absolute atomic E-state index is 0.582. The van der Waals surface area contributed by atoms with E-state index in [0.717, 1.165) is 13.1 Å². The van der Waals surface area contributed by atoms with Crippen LogP contribution in [-0.2, 0) is 0 Å². The van der Waals surface area contributed by atoms with Crippen molar-refractivity contribution in [3.05, 3.63) is 12.4 Å². The molecule has 0 aliphatic rings. The van der Waals surface area contributed by atoms with Gasteiger partial charge in [0, 0.05) is 25.5 Å². The van der Waals surface area contributed by atoms with E-state index in [1.54, 1.807) is 12.4 Å². The fraction of sp³-hybridized carbons (Fsp3) is 0.500. The average Bonchev–Trinajstić information content (AvgIpc) is 2.08. The predicted octanol–water partition coefficient (Wildman–Crippen LogP) is -0.756. The van der Waals surface area contributed by atoms with Crippen LogP contribution in [-0.4, -0.2) is 49.9 Å². The van der Waals surface area contributed by atoms with Crippen LogP contribution < -0.4 is 10.8 Å². The van der Waals surface area contributed by atoms with Crippen molar-refractivity contribution in [3.8, 4) is 0 Å². The molecular formula is C8H13BN4. The van der Waals surface area contributed by atoms with Gasteiger partial charge in [-0.05, 0) is 14.1 Å². The van der Waals surface area contributed by atoms with Gasteiger partial charge in [0.05, 0.1) is 0 Å². The first kappa shape index (κ1) is 9.99. The van der Waals surface area contributed by atoms with E-state index in [9.17, 15) is 0 Å². The minimum atomic E-state index is 0.582. The lowest BCUT2D eigenvalue weighted by Gasteiger charge is -2.09. The van der Waals surface area contributed by atoms with Gasteiger partial charge < -0.3 is 10.2 Å². The first-order valence-corrected chi connectivity index (χ1v) is 4.14. The number of hydrogen-bond acceptors (Lipinski definition) is 4. The van der Waals surface area contributed by atoms with Crippen molar-refractivity contribution >= 4 is 19.3 Å². The summed E-state index contributed by atoms with van der Waals surface area (Å²) in [5, 5.41) is 3.08. The molecule has 0 unspecified atom stereocenters. The highest BCUT2D eigenvalue weighted by Crippen LogP contribution is 1.90. The SMILES string of the molecule is [B]c1cnc(NCCN(C)C)nc1. The van der Waals surface area contributed by atoms with Crippen molar-refractivity contribution in [2.75, 3.05) is 32.5 Å². The van der Waals surface area contributed by atoms with Crippen molar-refractivity contribution in [1.29, 1.82) is 0 Å². The van der Waals surface area contributed by atoms with Crippen LogP contribution in [0.2, 0.25) is 0 Å². The third kappa shape index (κ3) is 3.89. The Hall–Kier alpha value is -1.10. The summed E-state index contributed by atoms with van der Waals surface area (Å²) in [7, 11) is 9.48. The second-order valence-electron chi connectivity index (χ2n) is 3.07. The first-order valence-electron chi connectivity index (χ1n) is 4.14. The molecule has 0 saturated heterocycles. The maximum absolute atomic E-state index is 5.44. The maximum Gasteiger partial charge on any atom is 0.222 e. The highest BCUT2D eigenvalue weighted by Gasteiger charge is 1.94. The van der Waals surface area contributed by atoms with Crippen LogP contribution in [0.5, 0.6) is 0 Å². The van der Waals surface area contributed by atoms with E-state index in [2.05, 4.69) is 20.2 Å². The van der Waals surface area contributed by atoms with Crippen LogP contribution in [0.25, 0.3) is 0 Å². The molecule has 1 aromatic heterocycles. The van der Waals surface area contributed by atoms with Gasteiger partial charge >= 0.3 is 0 Å². The number of anilines is 1. The van der Waals surface area contributed by atoms with Crippen molar-refractivity contribution in [2.24, 2.45) is 0 Å². The van der Waals surface area contributed by atoms with Gasteiger partial charge in [-0.15, -0.1) is 0 Å². The van der Waals surface area contributed by atoms with E-state index < -0.39 is 0 Å². The Bertz CT molecular complexity index is 247. The van der Waals surface area contributed by atoms with Crippen molar-refractivity contribution in [3.63, 3.8) is 0 Å². The second-order valence-corrected chi connectivity index (χ2v) is 3.07. The molecule has 0 aliphatic carbocycles. The smallest absolute Gasteiger partial charge is 0.222 e. The van der Waals surface area contributed by atoms with Crippen LogP contribution in [0.15, 0.2) is 12.4 Å². The van der Waals surface area contributed by atoms with Gasteiger partial charge in [-0.3, -0.25) is 0 Å². The largest absolute Gasteiger partial charge is 0.353 e. The van der Waals surface area contributed by atoms with E-state index in [1.807, 2.05) is 14.1 Å². The predicted molar refractivity (Wildman–Crippen MR) is 54.5 cm³/mol. The zero-order valence-electron chi connectivity index (χ0n) is 7.99. The lowest BCUT2D eigenvalue weighted by Crippen LogP contribution is -2.21. The van der Waals surface area contributed by atoms with Crippen LogP contribution in [0.1, 0.15) is 0 Å². The molecule has 13 heavy (non-hydrogen) atoms. The molecule has 0 spiro atoms. The summed E-state index contributed by atoms with van der Waals surface area (Å²) in [6, 6.07) is 0. The normalized spacial score (nSPS) is 10.4. The number of nitrogens with zero attached hydrogens (tertiary/aromatic N) is 3. The Morgan fingerprint density at radius 2 is 2.00 bits per heavy atom. The maximum atomic E-state index is 5.44. The Kier molecular flexibility index (Phi) is 3.70. The van der Waals surface area contributed by atoms with Crippen LogP contribution in [0.4, 0.5) is 5.95 Å². The molecule has 1 heterocycles. The molecule has 0 aliphatic heterocycles. The first-order chi connectivity index (χ1) is 6.18. The van der Waals surface area contributed by atoms with E-state index in [-0.39, 0.29) is 0 Å². The highest BCUT2D eigenvalue weighted by molar-refractivity contribution is 6.31. The molecular weight excluding hydrogens is 163 g/mol. The van der Waals surface area contributed by atoms with Gasteiger partial charge in [0.15, 0.2) is 0 Å². The number of nitrogens with one attached hydrogen (secondary N) is 1. The molecule has 4 nitrogen and oxygen atoms in total. The van der Waals surface area contributed by atoms with Gasteiger partial charge in [0.2, 0.25) is 5.95 Å². The molecule has 1 rings (SSSR count). The summed E-state index contributed by atoms with van der Waals surface area (Å²) < 4.78 is 0. The monoisotopic (exact) mass is 176 g/mol. The average molecular weight is 176 g/mol. The molecule has 0 atom stereocenters. The summed E-state index contributed by atoms with van der Waals surface area (Å²) in [5.74, 6) is 0.621. The minimum Gasteiger partial charge on any atom is -0.353 e. The van der Waals surface area contributed by atoms with Crippen LogP contribution in [0.3, 0.4) is 0 Å². The van der Waals surface area contributed by atoms with Crippen LogP contribution in [0, 0.1) is 0 Å². The van der Waals surface area contributed by atoms with Gasteiger partial charge in [-0.2, -0.15) is 0 Å². The zero-order valence-corrected chi connectivity index (χ0v) is 7.99. The number of rotatable bonds is 4. The molecule has 68 valence electrons. The van der Waals surface area contributed by atoms with Crippen molar-refractivity contribution in [1.82, 2.24) is 14.9 Å². The molecule has 0 aromatic carbocycles. The molecule has 0 fully saturated rings. The second kappa shape index (κ2) is 4.82.